The van der Waals surface area contributed by atoms with Gasteiger partial charge in [-0.1, -0.05) is 36.4 Å². The van der Waals surface area contributed by atoms with Gasteiger partial charge < -0.3 is 9.80 Å². The molecule has 1 unspecified atom stereocenters. The van der Waals surface area contributed by atoms with E-state index in [0.717, 1.165) is 49.4 Å². The van der Waals surface area contributed by atoms with Crippen molar-refractivity contribution in [3.8, 4) is 5.69 Å². The van der Waals surface area contributed by atoms with Crippen molar-refractivity contribution in [3.63, 3.8) is 0 Å². The first kappa shape index (κ1) is 18.9. The molecule has 0 spiro atoms. The lowest BCUT2D eigenvalue weighted by Gasteiger charge is -2.35. The van der Waals surface area contributed by atoms with Crippen LogP contribution in [-0.4, -0.2) is 68.4 Å². The fourth-order valence-electron chi connectivity index (χ4n) is 3.16. The summed E-state index contributed by atoms with van der Waals surface area (Å²) < 4.78 is 2.02. The molecule has 0 N–H and O–H groups in total. The number of nitrogens with zero attached hydrogens (tertiary/aromatic N) is 5. The average molecular weight is 374 g/mol. The van der Waals surface area contributed by atoms with E-state index < -0.39 is 0 Å². The molecule has 2 aromatic rings. The molecule has 1 aromatic heterocycles. The van der Waals surface area contributed by atoms with Gasteiger partial charge in [-0.2, -0.15) is 0 Å². The summed E-state index contributed by atoms with van der Waals surface area (Å²) in [4.78, 5) is 17.2. The lowest BCUT2D eigenvalue weighted by Crippen LogP contribution is -2.50. The fourth-order valence-corrected chi connectivity index (χ4v) is 4.16. The van der Waals surface area contributed by atoms with Gasteiger partial charge >= 0.3 is 0 Å². The van der Waals surface area contributed by atoms with Gasteiger partial charge in [-0.15, -0.1) is 10.2 Å². The van der Waals surface area contributed by atoms with Crippen LogP contribution in [0.15, 0.2) is 29.4 Å². The molecule has 0 aliphatic carbocycles. The predicted molar refractivity (Wildman–Crippen MR) is 105 cm³/mol. The molecular weight excluding hydrogens is 346 g/mol. The molecule has 1 aliphatic heterocycles. The average Bonchev–Trinajstić information content (AvgIpc) is 3.02. The van der Waals surface area contributed by atoms with Crippen LogP contribution in [0.4, 0.5) is 0 Å². The first-order valence-electron chi connectivity index (χ1n) is 9.16. The molecule has 1 saturated heterocycles. The van der Waals surface area contributed by atoms with Crippen LogP contribution in [0, 0.1) is 13.8 Å². The van der Waals surface area contributed by atoms with Gasteiger partial charge in [-0.05, 0) is 39.4 Å². The molecule has 3 rings (SSSR count). The monoisotopic (exact) mass is 373 g/mol. The Morgan fingerprint density at radius 2 is 1.77 bits per heavy atom. The van der Waals surface area contributed by atoms with Crippen molar-refractivity contribution in [2.75, 3.05) is 32.7 Å². The third kappa shape index (κ3) is 4.10. The molecule has 0 radical (unpaired) electrons. The molecule has 1 amide bonds. The summed E-state index contributed by atoms with van der Waals surface area (Å²) in [7, 11) is 0. The van der Waals surface area contributed by atoms with Crippen molar-refractivity contribution < 1.29 is 4.79 Å². The van der Waals surface area contributed by atoms with Crippen molar-refractivity contribution in [2.45, 2.75) is 38.1 Å². The fraction of sp³-hybridized carbons (Fsp3) is 0.526. The van der Waals surface area contributed by atoms with Gasteiger partial charge in [0.25, 0.3) is 0 Å². The molecule has 140 valence electrons. The summed E-state index contributed by atoms with van der Waals surface area (Å²) in [5.74, 6) is 1.01. The maximum atomic E-state index is 12.8. The zero-order valence-corrected chi connectivity index (χ0v) is 16.8. The highest BCUT2D eigenvalue weighted by molar-refractivity contribution is 8.00. The van der Waals surface area contributed by atoms with Gasteiger partial charge in [0.2, 0.25) is 5.91 Å². The molecular formula is C19H27N5OS. The highest BCUT2D eigenvalue weighted by Gasteiger charge is 2.26. The summed E-state index contributed by atoms with van der Waals surface area (Å²) in [6, 6.07) is 8.27. The normalized spacial score (nSPS) is 16.7. The Kier molecular flexibility index (Phi) is 5.98. The molecule has 26 heavy (non-hydrogen) atoms. The molecule has 1 fully saturated rings. The van der Waals surface area contributed by atoms with Crippen LogP contribution in [0.5, 0.6) is 0 Å². The Labute approximate surface area is 159 Å². The number of thioether (sulfide) groups is 1. The molecule has 0 saturated carbocycles. The number of aromatic nitrogens is 3. The van der Waals surface area contributed by atoms with Crippen molar-refractivity contribution in [2.24, 2.45) is 0 Å². The number of carbonyl (C=O) groups is 1. The van der Waals surface area contributed by atoms with Gasteiger partial charge in [-0.3, -0.25) is 9.36 Å². The number of hydrogen-bond acceptors (Lipinski definition) is 5. The SMILES string of the molecule is CCN1CCN(C(=O)C(C)Sc2nnc(C)n2-c2ccc(C)cc2)CC1. The highest BCUT2D eigenvalue weighted by atomic mass is 32.2. The quantitative estimate of drug-likeness (QED) is 0.754. The van der Waals surface area contributed by atoms with Gasteiger partial charge in [0.15, 0.2) is 5.16 Å². The number of likely N-dealkylation sites (N-methyl/N-ethyl adjacent to an activating group) is 1. The topological polar surface area (TPSA) is 54.3 Å². The van der Waals surface area contributed by atoms with E-state index in [0.29, 0.717) is 0 Å². The smallest absolute Gasteiger partial charge is 0.235 e. The number of carbonyl (C=O) groups excluding carboxylic acids is 1. The Bertz CT molecular complexity index is 750. The van der Waals surface area contributed by atoms with Gasteiger partial charge in [0.1, 0.15) is 5.82 Å². The third-order valence-corrected chi connectivity index (χ3v) is 5.88. The number of amides is 1. The van der Waals surface area contributed by atoms with E-state index in [9.17, 15) is 4.79 Å². The van der Waals surface area contributed by atoms with Crippen molar-refractivity contribution in [1.82, 2.24) is 24.6 Å². The summed E-state index contributed by atoms with van der Waals surface area (Å²) in [6.07, 6.45) is 0. The minimum absolute atomic E-state index is 0.182. The van der Waals surface area contributed by atoms with Crippen LogP contribution in [-0.2, 0) is 4.79 Å². The van der Waals surface area contributed by atoms with Crippen LogP contribution < -0.4 is 0 Å². The van der Waals surface area contributed by atoms with Gasteiger partial charge in [0, 0.05) is 31.9 Å². The minimum atomic E-state index is -0.184. The summed E-state index contributed by atoms with van der Waals surface area (Å²) >= 11 is 1.48. The number of aryl methyl sites for hydroxylation is 2. The number of rotatable bonds is 5. The maximum absolute atomic E-state index is 12.8. The first-order chi connectivity index (χ1) is 12.5. The Morgan fingerprint density at radius 1 is 1.12 bits per heavy atom. The number of hydrogen-bond donors (Lipinski definition) is 0. The van der Waals surface area contributed by atoms with E-state index in [1.165, 1.54) is 17.3 Å². The van der Waals surface area contributed by atoms with E-state index in [-0.39, 0.29) is 11.2 Å². The zero-order chi connectivity index (χ0) is 18.7. The number of piperazine rings is 1. The predicted octanol–water partition coefficient (Wildman–Crippen LogP) is 2.53. The van der Waals surface area contributed by atoms with E-state index in [2.05, 4.69) is 53.2 Å². The molecule has 1 aliphatic rings. The van der Waals surface area contributed by atoms with E-state index in [4.69, 9.17) is 0 Å². The Hall–Kier alpha value is -1.86. The van der Waals surface area contributed by atoms with E-state index in [1.54, 1.807) is 0 Å². The molecule has 1 atom stereocenters. The molecule has 6 nitrogen and oxygen atoms in total. The Balaban J connectivity index is 1.71. The molecule has 1 aromatic carbocycles. The van der Waals surface area contributed by atoms with E-state index in [1.807, 2.05) is 23.3 Å². The molecule has 0 bridgehead atoms. The maximum Gasteiger partial charge on any atom is 0.235 e. The summed E-state index contributed by atoms with van der Waals surface area (Å²) in [6.45, 7) is 12.7. The zero-order valence-electron chi connectivity index (χ0n) is 16.0. The van der Waals surface area contributed by atoms with Crippen molar-refractivity contribution in [3.05, 3.63) is 35.7 Å². The largest absolute Gasteiger partial charge is 0.339 e. The third-order valence-electron chi connectivity index (χ3n) is 4.85. The second kappa shape index (κ2) is 8.22. The van der Waals surface area contributed by atoms with Crippen LogP contribution >= 0.6 is 11.8 Å². The number of benzene rings is 1. The van der Waals surface area contributed by atoms with Crippen LogP contribution in [0.3, 0.4) is 0 Å². The van der Waals surface area contributed by atoms with Gasteiger partial charge in [0.05, 0.1) is 5.25 Å². The molecule has 7 heteroatoms. The first-order valence-corrected chi connectivity index (χ1v) is 10.0. The highest BCUT2D eigenvalue weighted by Crippen LogP contribution is 2.27. The minimum Gasteiger partial charge on any atom is -0.339 e. The van der Waals surface area contributed by atoms with Gasteiger partial charge in [-0.25, -0.2) is 0 Å². The standard InChI is InChI=1S/C19H27N5OS/c1-5-22-10-12-23(13-11-22)18(25)15(3)26-19-21-20-16(4)24(19)17-8-6-14(2)7-9-17/h6-9,15H,5,10-13H2,1-4H3. The van der Waals surface area contributed by atoms with Crippen LogP contribution in [0.25, 0.3) is 5.69 Å². The van der Waals surface area contributed by atoms with E-state index >= 15 is 0 Å². The van der Waals surface area contributed by atoms with Crippen LogP contribution in [0.2, 0.25) is 0 Å². The second-order valence-corrected chi connectivity index (χ2v) is 8.03. The van der Waals surface area contributed by atoms with Crippen molar-refractivity contribution in [1.29, 1.82) is 0 Å². The Morgan fingerprint density at radius 3 is 2.38 bits per heavy atom. The van der Waals surface area contributed by atoms with Crippen LogP contribution in [0.1, 0.15) is 25.2 Å². The van der Waals surface area contributed by atoms with Crippen molar-refractivity contribution >= 4 is 17.7 Å². The lowest BCUT2D eigenvalue weighted by atomic mass is 10.2. The lowest BCUT2D eigenvalue weighted by molar-refractivity contribution is -0.132. The second-order valence-electron chi connectivity index (χ2n) is 6.72. The molecule has 2 heterocycles. The summed E-state index contributed by atoms with van der Waals surface area (Å²) in [5, 5.41) is 9.11. The summed E-state index contributed by atoms with van der Waals surface area (Å²) in [5.41, 5.74) is 2.24.